The molecule has 1 heterocycles. The van der Waals surface area contributed by atoms with Crippen LogP contribution in [0, 0.1) is 25.2 Å². The van der Waals surface area contributed by atoms with Crippen LogP contribution < -0.4 is 5.32 Å². The second-order valence-corrected chi connectivity index (χ2v) is 4.55. The van der Waals surface area contributed by atoms with Crippen LogP contribution in [-0.2, 0) is 0 Å². The van der Waals surface area contributed by atoms with E-state index < -0.39 is 0 Å². The first-order valence-corrected chi connectivity index (χ1v) is 6.18. The molecule has 0 fully saturated rings. The molecule has 2 aromatic rings. The van der Waals surface area contributed by atoms with Gasteiger partial charge in [0.2, 0.25) is 5.95 Å². The average Bonchev–Trinajstić information content (AvgIpc) is 2.38. The topological polar surface area (TPSA) is 61.6 Å². The summed E-state index contributed by atoms with van der Waals surface area (Å²) in [6, 6.07) is 12.0. The first kappa shape index (κ1) is 13.0. The van der Waals surface area contributed by atoms with Gasteiger partial charge in [0.25, 0.3) is 0 Å². The Morgan fingerprint density at radius 1 is 1.21 bits per heavy atom. The van der Waals surface area contributed by atoms with Crippen molar-refractivity contribution in [1.82, 2.24) is 9.97 Å². The summed E-state index contributed by atoms with van der Waals surface area (Å²) in [4.78, 5) is 8.47. The smallest absolute Gasteiger partial charge is 0.224 e. The van der Waals surface area contributed by atoms with Crippen molar-refractivity contribution in [2.24, 2.45) is 0 Å². The first-order chi connectivity index (χ1) is 9.10. The molecule has 0 bridgehead atoms. The van der Waals surface area contributed by atoms with Crippen molar-refractivity contribution >= 4 is 5.95 Å². The molecule has 1 N–H and O–H groups in total. The summed E-state index contributed by atoms with van der Waals surface area (Å²) in [7, 11) is 0. The van der Waals surface area contributed by atoms with Crippen LogP contribution in [0.2, 0.25) is 0 Å². The van der Waals surface area contributed by atoms with Crippen LogP contribution in [0.4, 0.5) is 5.95 Å². The molecular formula is C15H16N4. The minimum atomic E-state index is 0.0922. The number of nitriles is 1. The molecule has 0 aliphatic carbocycles. The largest absolute Gasteiger partial charge is 0.348 e. The Bertz CT molecular complexity index is 628. The highest BCUT2D eigenvalue weighted by Crippen LogP contribution is 2.20. The van der Waals surface area contributed by atoms with Gasteiger partial charge in [-0.3, -0.25) is 0 Å². The molecule has 0 amide bonds. The van der Waals surface area contributed by atoms with Crippen LogP contribution in [0.25, 0.3) is 0 Å². The number of nitrogens with zero attached hydrogens (tertiary/aromatic N) is 3. The van der Waals surface area contributed by atoms with Crippen LogP contribution in [0.3, 0.4) is 0 Å². The minimum Gasteiger partial charge on any atom is -0.348 e. The van der Waals surface area contributed by atoms with Crippen LogP contribution in [0.1, 0.15) is 35.5 Å². The summed E-state index contributed by atoms with van der Waals surface area (Å²) in [6.07, 6.45) is 0. The fourth-order valence-corrected chi connectivity index (χ4v) is 2.03. The number of benzene rings is 1. The quantitative estimate of drug-likeness (QED) is 0.911. The van der Waals surface area contributed by atoms with Gasteiger partial charge < -0.3 is 5.32 Å². The lowest BCUT2D eigenvalue weighted by atomic mass is 10.0. The number of hydrogen-bond acceptors (Lipinski definition) is 4. The van der Waals surface area contributed by atoms with E-state index in [1.54, 1.807) is 6.07 Å². The molecule has 19 heavy (non-hydrogen) atoms. The van der Waals surface area contributed by atoms with Crippen molar-refractivity contribution < 1.29 is 0 Å². The third kappa shape index (κ3) is 3.08. The molecule has 0 aliphatic rings. The Balaban J connectivity index is 2.24. The molecule has 4 nitrogen and oxygen atoms in total. The second kappa shape index (κ2) is 5.49. The molecule has 0 saturated heterocycles. The fourth-order valence-electron chi connectivity index (χ4n) is 2.03. The van der Waals surface area contributed by atoms with E-state index in [1.807, 2.05) is 25.1 Å². The highest BCUT2D eigenvalue weighted by Gasteiger charge is 2.10. The number of aryl methyl sites for hydroxylation is 2. The van der Waals surface area contributed by atoms with E-state index in [9.17, 15) is 0 Å². The molecule has 1 aromatic carbocycles. The summed E-state index contributed by atoms with van der Waals surface area (Å²) in [6.45, 7) is 5.98. The fraction of sp³-hybridized carbons (Fsp3) is 0.267. The molecule has 0 spiro atoms. The zero-order valence-electron chi connectivity index (χ0n) is 11.3. The predicted octanol–water partition coefficient (Wildman–Crippen LogP) is 3.14. The summed E-state index contributed by atoms with van der Waals surface area (Å²) in [5.74, 6) is 0.493. The normalized spacial score (nSPS) is 11.7. The Hall–Kier alpha value is -2.41. The molecule has 1 atom stereocenters. The van der Waals surface area contributed by atoms with Crippen LogP contribution in [-0.4, -0.2) is 9.97 Å². The SMILES string of the molecule is Cc1cc(C#N)nc(NC(C)c2ccccc2C)n1. The Labute approximate surface area is 113 Å². The van der Waals surface area contributed by atoms with Crippen molar-refractivity contribution in [3.8, 4) is 6.07 Å². The van der Waals surface area contributed by atoms with Crippen molar-refractivity contribution in [3.63, 3.8) is 0 Å². The maximum Gasteiger partial charge on any atom is 0.224 e. The average molecular weight is 252 g/mol. The molecule has 0 saturated carbocycles. The number of hydrogen-bond donors (Lipinski definition) is 1. The van der Waals surface area contributed by atoms with Crippen molar-refractivity contribution in [2.45, 2.75) is 26.8 Å². The third-order valence-electron chi connectivity index (χ3n) is 2.97. The monoisotopic (exact) mass is 252 g/mol. The van der Waals surface area contributed by atoms with Gasteiger partial charge in [0, 0.05) is 5.69 Å². The summed E-state index contributed by atoms with van der Waals surface area (Å²) >= 11 is 0. The Morgan fingerprint density at radius 3 is 2.63 bits per heavy atom. The van der Waals surface area contributed by atoms with Crippen LogP contribution in [0.15, 0.2) is 30.3 Å². The molecular weight excluding hydrogens is 236 g/mol. The van der Waals surface area contributed by atoms with Gasteiger partial charge in [-0.25, -0.2) is 9.97 Å². The molecule has 0 aliphatic heterocycles. The van der Waals surface area contributed by atoms with E-state index >= 15 is 0 Å². The van der Waals surface area contributed by atoms with Crippen molar-refractivity contribution in [2.75, 3.05) is 5.32 Å². The highest BCUT2D eigenvalue weighted by molar-refractivity contribution is 5.38. The molecule has 4 heteroatoms. The lowest BCUT2D eigenvalue weighted by Gasteiger charge is -2.16. The number of aromatic nitrogens is 2. The zero-order chi connectivity index (χ0) is 13.8. The summed E-state index contributed by atoms with van der Waals surface area (Å²) in [5, 5.41) is 12.2. The summed E-state index contributed by atoms with van der Waals surface area (Å²) < 4.78 is 0. The molecule has 0 radical (unpaired) electrons. The minimum absolute atomic E-state index is 0.0922. The van der Waals surface area contributed by atoms with Crippen molar-refractivity contribution in [3.05, 3.63) is 52.8 Å². The number of anilines is 1. The van der Waals surface area contributed by atoms with E-state index in [4.69, 9.17) is 5.26 Å². The second-order valence-electron chi connectivity index (χ2n) is 4.55. The van der Waals surface area contributed by atoms with Gasteiger partial charge in [0.05, 0.1) is 6.04 Å². The van der Waals surface area contributed by atoms with E-state index in [2.05, 4.69) is 41.3 Å². The Kier molecular flexibility index (Phi) is 3.76. The van der Waals surface area contributed by atoms with Gasteiger partial charge in [0.15, 0.2) is 0 Å². The number of nitrogens with one attached hydrogen (secondary N) is 1. The maximum atomic E-state index is 8.91. The molecule has 1 aromatic heterocycles. The Morgan fingerprint density at radius 2 is 1.95 bits per heavy atom. The van der Waals surface area contributed by atoms with Gasteiger partial charge in [-0.1, -0.05) is 24.3 Å². The van der Waals surface area contributed by atoms with E-state index in [-0.39, 0.29) is 6.04 Å². The molecule has 1 unspecified atom stereocenters. The highest BCUT2D eigenvalue weighted by atomic mass is 15.1. The van der Waals surface area contributed by atoms with Gasteiger partial charge in [-0.15, -0.1) is 0 Å². The van der Waals surface area contributed by atoms with Gasteiger partial charge in [-0.05, 0) is 38.0 Å². The predicted molar refractivity (Wildman–Crippen MR) is 74.7 cm³/mol. The molecule has 96 valence electrons. The van der Waals surface area contributed by atoms with Gasteiger partial charge >= 0.3 is 0 Å². The van der Waals surface area contributed by atoms with Crippen molar-refractivity contribution in [1.29, 1.82) is 5.26 Å². The van der Waals surface area contributed by atoms with Crippen LogP contribution >= 0.6 is 0 Å². The van der Waals surface area contributed by atoms with Gasteiger partial charge in [-0.2, -0.15) is 5.26 Å². The number of rotatable bonds is 3. The standard InChI is InChI=1S/C15H16N4/c1-10-6-4-5-7-14(10)12(3)18-15-17-11(2)8-13(9-16)19-15/h4-8,12H,1-3H3,(H,17,18,19). The van der Waals surface area contributed by atoms with E-state index in [1.165, 1.54) is 11.1 Å². The zero-order valence-corrected chi connectivity index (χ0v) is 11.3. The van der Waals surface area contributed by atoms with Gasteiger partial charge in [0.1, 0.15) is 11.8 Å². The molecule has 2 rings (SSSR count). The lowest BCUT2D eigenvalue weighted by molar-refractivity contribution is 0.847. The van der Waals surface area contributed by atoms with E-state index in [0.29, 0.717) is 11.6 Å². The van der Waals surface area contributed by atoms with Crippen LogP contribution in [0.5, 0.6) is 0 Å². The first-order valence-electron chi connectivity index (χ1n) is 6.18. The lowest BCUT2D eigenvalue weighted by Crippen LogP contribution is -2.11. The summed E-state index contributed by atoms with van der Waals surface area (Å²) in [5.41, 5.74) is 3.58. The van der Waals surface area contributed by atoms with E-state index in [0.717, 1.165) is 5.69 Å². The maximum absolute atomic E-state index is 8.91. The third-order valence-corrected chi connectivity index (χ3v) is 2.97.